The summed E-state index contributed by atoms with van der Waals surface area (Å²) in [6, 6.07) is 10.4. The maximum Gasteiger partial charge on any atom is 0.259 e. The molecule has 0 aliphatic rings. The van der Waals surface area contributed by atoms with Crippen LogP contribution in [0.5, 0.6) is 11.5 Å². The number of rotatable bonds is 2. The lowest BCUT2D eigenvalue weighted by Crippen LogP contribution is -2.12. The van der Waals surface area contributed by atoms with Crippen molar-refractivity contribution in [3.8, 4) is 17.6 Å². The molecule has 0 bridgehead atoms. The van der Waals surface area contributed by atoms with E-state index in [1.165, 1.54) is 36.4 Å². The molecule has 0 saturated heterocycles. The summed E-state index contributed by atoms with van der Waals surface area (Å²) >= 11 is 5.93. The maximum absolute atomic E-state index is 12.0. The molecule has 0 heterocycles. The maximum atomic E-state index is 12.0. The first kappa shape index (κ1) is 13.7. The molecule has 1 amide bonds. The molecule has 0 radical (unpaired) electrons. The van der Waals surface area contributed by atoms with Crippen molar-refractivity contribution in [3.63, 3.8) is 0 Å². The highest BCUT2D eigenvalue weighted by Gasteiger charge is 2.15. The molecule has 0 aliphatic heterocycles. The fourth-order valence-corrected chi connectivity index (χ4v) is 1.82. The number of nitrogens with zero attached hydrogens (tertiary/aromatic N) is 1. The molecule has 0 fully saturated rings. The summed E-state index contributed by atoms with van der Waals surface area (Å²) in [5.41, 5.74) is 0.594. The molecular weight excluding hydrogens is 280 g/mol. The fraction of sp³-hybridized carbons (Fsp3) is 0. The Morgan fingerprint density at radius 1 is 1.25 bits per heavy atom. The van der Waals surface area contributed by atoms with Gasteiger partial charge in [-0.1, -0.05) is 17.7 Å². The molecule has 2 aromatic rings. The number of hydrogen-bond acceptors (Lipinski definition) is 4. The topological polar surface area (TPSA) is 93.4 Å². The highest BCUT2D eigenvalue weighted by atomic mass is 35.5. The van der Waals surface area contributed by atoms with Crippen molar-refractivity contribution >= 4 is 23.2 Å². The first-order valence-corrected chi connectivity index (χ1v) is 5.92. The van der Waals surface area contributed by atoms with Crippen LogP contribution in [0.4, 0.5) is 5.69 Å². The number of nitrogens with one attached hydrogen (secondary N) is 1. The van der Waals surface area contributed by atoms with Crippen molar-refractivity contribution in [3.05, 3.63) is 52.5 Å². The van der Waals surface area contributed by atoms with E-state index in [0.29, 0.717) is 11.3 Å². The molecule has 0 saturated carbocycles. The Bertz CT molecular complexity index is 723. The largest absolute Gasteiger partial charge is 0.504 e. The summed E-state index contributed by atoms with van der Waals surface area (Å²) in [4.78, 5) is 12.0. The van der Waals surface area contributed by atoms with Gasteiger partial charge in [0.25, 0.3) is 5.91 Å². The molecule has 0 unspecified atom stereocenters. The third-order valence-corrected chi connectivity index (χ3v) is 2.92. The lowest BCUT2D eigenvalue weighted by molar-refractivity contribution is 0.102. The van der Waals surface area contributed by atoms with Crippen LogP contribution in [-0.2, 0) is 0 Å². The number of carbonyl (C=O) groups excluding carboxylic acids is 1. The minimum Gasteiger partial charge on any atom is -0.504 e. The second kappa shape index (κ2) is 5.51. The van der Waals surface area contributed by atoms with Crippen molar-refractivity contribution < 1.29 is 15.0 Å². The van der Waals surface area contributed by atoms with Gasteiger partial charge in [0.15, 0.2) is 11.5 Å². The van der Waals surface area contributed by atoms with Crippen molar-refractivity contribution in [1.29, 1.82) is 5.26 Å². The Balaban J connectivity index is 2.29. The average molecular weight is 289 g/mol. The Hall–Kier alpha value is -2.71. The number of hydrogen-bond donors (Lipinski definition) is 3. The van der Waals surface area contributed by atoms with Crippen LogP contribution in [0.3, 0.4) is 0 Å². The van der Waals surface area contributed by atoms with Crippen LogP contribution in [-0.4, -0.2) is 16.1 Å². The van der Waals surface area contributed by atoms with Crippen molar-refractivity contribution in [1.82, 2.24) is 0 Å². The summed E-state index contributed by atoms with van der Waals surface area (Å²) in [5.74, 6) is -1.51. The van der Waals surface area contributed by atoms with E-state index in [1.54, 1.807) is 0 Å². The zero-order valence-electron chi connectivity index (χ0n) is 10.1. The summed E-state index contributed by atoms with van der Waals surface area (Å²) in [7, 11) is 0. The van der Waals surface area contributed by atoms with Crippen LogP contribution in [0.1, 0.15) is 15.9 Å². The van der Waals surface area contributed by atoms with Crippen LogP contribution in [0.25, 0.3) is 0 Å². The number of anilines is 1. The quantitative estimate of drug-likeness (QED) is 0.741. The van der Waals surface area contributed by atoms with E-state index in [4.69, 9.17) is 16.9 Å². The van der Waals surface area contributed by atoms with E-state index < -0.39 is 11.7 Å². The monoisotopic (exact) mass is 288 g/mol. The lowest BCUT2D eigenvalue weighted by atomic mass is 10.1. The van der Waals surface area contributed by atoms with Crippen LogP contribution in [0, 0.1) is 11.3 Å². The number of carbonyl (C=O) groups is 1. The Morgan fingerprint density at radius 2 is 2.00 bits per heavy atom. The number of halogens is 1. The summed E-state index contributed by atoms with van der Waals surface area (Å²) in [6.45, 7) is 0. The molecule has 6 heteroatoms. The highest BCUT2D eigenvalue weighted by Crippen LogP contribution is 2.30. The number of nitriles is 1. The zero-order valence-corrected chi connectivity index (χ0v) is 10.8. The summed E-state index contributed by atoms with van der Waals surface area (Å²) < 4.78 is 0. The van der Waals surface area contributed by atoms with E-state index >= 15 is 0 Å². The van der Waals surface area contributed by atoms with Crippen LogP contribution < -0.4 is 5.32 Å². The normalized spacial score (nSPS) is 9.80. The molecule has 3 N–H and O–H groups in total. The molecule has 2 rings (SSSR count). The third kappa shape index (κ3) is 2.66. The predicted molar refractivity (Wildman–Crippen MR) is 73.9 cm³/mol. The molecular formula is C14H9ClN2O3. The van der Waals surface area contributed by atoms with Crippen molar-refractivity contribution in [2.75, 3.05) is 5.32 Å². The minimum absolute atomic E-state index is 0.0783. The van der Waals surface area contributed by atoms with Gasteiger partial charge >= 0.3 is 0 Å². The number of phenolic OH excluding ortho intramolecular Hbond substituents is 2. The van der Waals surface area contributed by atoms with E-state index in [9.17, 15) is 15.0 Å². The SMILES string of the molecule is N#Cc1ccc(NC(=O)c2cccc(O)c2O)c(Cl)c1. The molecule has 0 aliphatic carbocycles. The van der Waals surface area contributed by atoms with Gasteiger partial charge in [-0.3, -0.25) is 4.79 Å². The van der Waals surface area contributed by atoms with Crippen molar-refractivity contribution in [2.45, 2.75) is 0 Å². The van der Waals surface area contributed by atoms with Gasteiger partial charge in [-0.05, 0) is 30.3 Å². The number of para-hydroxylation sites is 1. The average Bonchev–Trinajstić information content (AvgIpc) is 2.44. The van der Waals surface area contributed by atoms with E-state index in [0.717, 1.165) is 0 Å². The molecule has 2 aromatic carbocycles. The van der Waals surface area contributed by atoms with Gasteiger partial charge < -0.3 is 15.5 Å². The summed E-state index contributed by atoms with van der Waals surface area (Å²) in [5, 5.41) is 30.4. The number of benzene rings is 2. The Morgan fingerprint density at radius 3 is 2.65 bits per heavy atom. The Kier molecular flexibility index (Phi) is 3.78. The molecule has 20 heavy (non-hydrogen) atoms. The standard InChI is InChI=1S/C14H9ClN2O3/c15-10-6-8(7-16)4-5-11(10)17-14(20)9-2-1-3-12(18)13(9)19/h1-6,18-19H,(H,17,20). The van der Waals surface area contributed by atoms with Crippen LogP contribution in [0.2, 0.25) is 5.02 Å². The minimum atomic E-state index is -0.620. The fourth-order valence-electron chi connectivity index (χ4n) is 1.59. The van der Waals surface area contributed by atoms with Gasteiger partial charge in [-0.25, -0.2) is 0 Å². The second-order valence-electron chi connectivity index (χ2n) is 3.93. The van der Waals surface area contributed by atoms with Gasteiger partial charge in [0.2, 0.25) is 0 Å². The van der Waals surface area contributed by atoms with Gasteiger partial charge in [0.05, 0.1) is 27.9 Å². The molecule has 5 nitrogen and oxygen atoms in total. The number of phenols is 2. The van der Waals surface area contributed by atoms with Gasteiger partial charge in [0, 0.05) is 0 Å². The van der Waals surface area contributed by atoms with Crippen LogP contribution in [0.15, 0.2) is 36.4 Å². The van der Waals surface area contributed by atoms with Crippen LogP contribution >= 0.6 is 11.6 Å². The third-order valence-electron chi connectivity index (χ3n) is 2.61. The molecule has 0 atom stereocenters. The smallest absolute Gasteiger partial charge is 0.259 e. The molecule has 100 valence electrons. The van der Waals surface area contributed by atoms with Gasteiger partial charge in [0.1, 0.15) is 0 Å². The van der Waals surface area contributed by atoms with Crippen molar-refractivity contribution in [2.24, 2.45) is 0 Å². The highest BCUT2D eigenvalue weighted by molar-refractivity contribution is 6.34. The summed E-state index contributed by atoms with van der Waals surface area (Å²) in [6.07, 6.45) is 0. The first-order chi connectivity index (χ1) is 9.52. The van der Waals surface area contributed by atoms with E-state index in [1.807, 2.05) is 6.07 Å². The first-order valence-electron chi connectivity index (χ1n) is 5.55. The lowest BCUT2D eigenvalue weighted by Gasteiger charge is -2.09. The number of aromatic hydroxyl groups is 2. The molecule has 0 aromatic heterocycles. The van der Waals surface area contributed by atoms with Gasteiger partial charge in [-0.2, -0.15) is 5.26 Å². The van der Waals surface area contributed by atoms with E-state index in [2.05, 4.69) is 5.32 Å². The molecule has 0 spiro atoms. The second-order valence-corrected chi connectivity index (χ2v) is 4.34. The van der Waals surface area contributed by atoms with Gasteiger partial charge in [-0.15, -0.1) is 0 Å². The predicted octanol–water partition coefficient (Wildman–Crippen LogP) is 2.88. The van der Waals surface area contributed by atoms with E-state index in [-0.39, 0.29) is 16.3 Å². The number of amides is 1. The zero-order chi connectivity index (χ0) is 14.7. The Labute approximate surface area is 119 Å².